The van der Waals surface area contributed by atoms with Crippen molar-refractivity contribution in [2.45, 2.75) is 13.3 Å². The number of carbonyl (C=O) groups excluding carboxylic acids is 1. The molecule has 0 saturated heterocycles. The molecule has 160 valence electrons. The molecule has 0 aliphatic heterocycles. The highest BCUT2D eigenvalue weighted by Crippen LogP contribution is 2.31. The Kier molecular flexibility index (Phi) is 7.41. The molecule has 0 spiro atoms. The zero-order chi connectivity index (χ0) is 22.6. The summed E-state index contributed by atoms with van der Waals surface area (Å²) in [6.07, 6.45) is -0.170. The van der Waals surface area contributed by atoms with E-state index in [2.05, 4.69) is 0 Å². The minimum Gasteiger partial charge on any atom is -0.497 e. The number of aliphatic carboxylic acids is 1. The molecule has 9 nitrogen and oxygen atoms in total. The van der Waals surface area contributed by atoms with Gasteiger partial charge in [-0.05, 0) is 55.0 Å². The Labute approximate surface area is 176 Å². The van der Waals surface area contributed by atoms with E-state index >= 15 is 0 Å². The van der Waals surface area contributed by atoms with Crippen LogP contribution < -0.4 is 4.74 Å². The molecule has 0 bridgehead atoms. The van der Waals surface area contributed by atoms with E-state index in [1.54, 1.807) is 56.5 Å². The van der Waals surface area contributed by atoms with Crippen LogP contribution in [0, 0.1) is 6.92 Å². The fourth-order valence-corrected chi connectivity index (χ4v) is 3.07. The third kappa shape index (κ3) is 5.91. The van der Waals surface area contributed by atoms with Crippen LogP contribution in [0.25, 0.3) is 10.9 Å². The maximum Gasteiger partial charge on any atom is 0.466 e. The third-order valence-electron chi connectivity index (χ3n) is 4.16. The molecule has 0 unspecified atom stereocenters. The Morgan fingerprint density at radius 1 is 1.10 bits per heavy atom. The molecule has 11 heteroatoms. The lowest BCUT2D eigenvalue weighted by molar-refractivity contribution is -0.136. The fourth-order valence-electron chi connectivity index (χ4n) is 2.95. The van der Waals surface area contributed by atoms with E-state index in [-0.39, 0.29) is 12.3 Å². The van der Waals surface area contributed by atoms with Crippen LogP contribution in [0.2, 0.25) is 5.02 Å². The number of halogens is 1. The number of carbonyl (C=O) groups is 2. The smallest absolute Gasteiger partial charge is 0.466 e. The van der Waals surface area contributed by atoms with Gasteiger partial charge in [-0.15, -0.1) is 0 Å². The largest absolute Gasteiger partial charge is 0.497 e. The van der Waals surface area contributed by atoms with Gasteiger partial charge in [-0.1, -0.05) is 11.6 Å². The van der Waals surface area contributed by atoms with Crippen molar-refractivity contribution in [1.29, 1.82) is 0 Å². The summed E-state index contributed by atoms with van der Waals surface area (Å²) in [7, 11) is -3.10. The number of methoxy groups -OCH3 is 1. The zero-order valence-corrected chi connectivity index (χ0v) is 17.6. The van der Waals surface area contributed by atoms with Crippen molar-refractivity contribution in [3.63, 3.8) is 0 Å². The topological polar surface area (TPSA) is 146 Å². The standard InChI is InChI=1S/C19H16ClNO4.H3O4P/c1-11-15(10-18(22)23)16-9-14(25-2)7-8-17(16)21(11)19(24)12-3-5-13(20)6-4-12;1-5(2,3)4/h3-9H,10H2,1-2H3,(H,22,23);(H3,1,2,3,4). The number of aromatic nitrogens is 1. The van der Waals surface area contributed by atoms with E-state index in [9.17, 15) is 14.7 Å². The Morgan fingerprint density at radius 2 is 1.67 bits per heavy atom. The molecule has 0 aliphatic carbocycles. The second kappa shape index (κ2) is 9.42. The molecule has 2 aromatic carbocycles. The number of benzene rings is 2. The minimum atomic E-state index is -4.64. The van der Waals surface area contributed by atoms with Crippen LogP contribution in [0.4, 0.5) is 0 Å². The van der Waals surface area contributed by atoms with E-state index in [1.165, 1.54) is 4.57 Å². The first-order valence-corrected chi connectivity index (χ1v) is 10.3. The van der Waals surface area contributed by atoms with Crippen molar-refractivity contribution in [3.8, 4) is 5.75 Å². The van der Waals surface area contributed by atoms with E-state index in [0.717, 1.165) is 0 Å². The maximum absolute atomic E-state index is 13.0. The number of hydrogen-bond acceptors (Lipinski definition) is 4. The van der Waals surface area contributed by atoms with Crippen molar-refractivity contribution in [2.75, 3.05) is 7.11 Å². The van der Waals surface area contributed by atoms with Gasteiger partial charge >= 0.3 is 13.8 Å². The highest BCUT2D eigenvalue weighted by molar-refractivity contribution is 7.45. The van der Waals surface area contributed by atoms with Crippen LogP contribution in [0.3, 0.4) is 0 Å². The van der Waals surface area contributed by atoms with Gasteiger partial charge in [0.1, 0.15) is 5.75 Å². The van der Waals surface area contributed by atoms with Gasteiger partial charge < -0.3 is 24.5 Å². The average molecular weight is 456 g/mol. The normalized spacial score (nSPS) is 11.0. The van der Waals surface area contributed by atoms with Crippen LogP contribution in [0.5, 0.6) is 5.75 Å². The number of nitrogens with zero attached hydrogens (tertiary/aromatic N) is 1. The molecule has 0 fully saturated rings. The average Bonchev–Trinajstić information content (AvgIpc) is 2.91. The number of carboxylic acid groups (broad SMARTS) is 1. The highest BCUT2D eigenvalue weighted by Gasteiger charge is 2.21. The molecule has 3 aromatic rings. The number of carboxylic acids is 1. The lowest BCUT2D eigenvalue weighted by Gasteiger charge is -2.08. The van der Waals surface area contributed by atoms with Gasteiger partial charge in [0, 0.05) is 21.7 Å². The van der Waals surface area contributed by atoms with Crippen LogP contribution in [0.1, 0.15) is 21.6 Å². The van der Waals surface area contributed by atoms with E-state index < -0.39 is 13.8 Å². The number of ether oxygens (including phenoxy) is 1. The van der Waals surface area contributed by atoms with Gasteiger partial charge in [0.15, 0.2) is 0 Å². The SMILES string of the molecule is COc1ccc2c(c1)c(CC(=O)O)c(C)n2C(=O)c1ccc(Cl)cc1.O=P(O)(O)O. The number of phosphoric acid groups is 1. The molecular formula is C19H19ClNO8P. The molecule has 1 heterocycles. The monoisotopic (exact) mass is 455 g/mol. The fraction of sp³-hybridized carbons (Fsp3) is 0.158. The van der Waals surface area contributed by atoms with E-state index in [1.807, 2.05) is 0 Å². The van der Waals surface area contributed by atoms with Gasteiger partial charge in [0.05, 0.1) is 19.0 Å². The van der Waals surface area contributed by atoms with Crippen molar-refractivity contribution in [2.24, 2.45) is 0 Å². The first kappa shape index (κ1) is 23.6. The van der Waals surface area contributed by atoms with Crippen LogP contribution >= 0.6 is 19.4 Å². The Bertz CT molecular complexity index is 1130. The molecule has 1 aromatic heterocycles. The van der Waals surface area contributed by atoms with Crippen molar-refractivity contribution in [3.05, 3.63) is 64.3 Å². The van der Waals surface area contributed by atoms with Gasteiger partial charge in [-0.3, -0.25) is 14.2 Å². The summed E-state index contributed by atoms with van der Waals surface area (Å²) in [6, 6.07) is 11.9. The molecule has 4 N–H and O–H groups in total. The van der Waals surface area contributed by atoms with Crippen LogP contribution in [-0.4, -0.2) is 43.3 Å². The number of rotatable bonds is 4. The first-order valence-electron chi connectivity index (χ1n) is 8.40. The van der Waals surface area contributed by atoms with Gasteiger partial charge in [-0.25, -0.2) is 4.57 Å². The summed E-state index contributed by atoms with van der Waals surface area (Å²) < 4.78 is 15.7. The summed E-state index contributed by atoms with van der Waals surface area (Å²) in [4.78, 5) is 45.8. The Hall–Kier alpha value is -2.68. The van der Waals surface area contributed by atoms with Gasteiger partial charge in [0.2, 0.25) is 0 Å². The Morgan fingerprint density at radius 3 is 2.17 bits per heavy atom. The summed E-state index contributed by atoms with van der Waals surface area (Å²) >= 11 is 5.89. The number of hydrogen-bond donors (Lipinski definition) is 4. The highest BCUT2D eigenvalue weighted by atomic mass is 35.5. The summed E-state index contributed by atoms with van der Waals surface area (Å²) in [6.45, 7) is 1.75. The van der Waals surface area contributed by atoms with E-state index in [4.69, 9.17) is 35.6 Å². The van der Waals surface area contributed by atoms with Crippen molar-refractivity contribution < 1.29 is 38.7 Å². The second-order valence-corrected chi connectivity index (χ2v) is 7.64. The summed E-state index contributed by atoms with van der Waals surface area (Å²) in [5.41, 5.74) is 2.32. The first-order chi connectivity index (χ1) is 13.9. The molecule has 0 saturated carbocycles. The second-order valence-electron chi connectivity index (χ2n) is 6.18. The van der Waals surface area contributed by atoms with Crippen LogP contribution in [0.15, 0.2) is 42.5 Å². The molecular weight excluding hydrogens is 437 g/mol. The van der Waals surface area contributed by atoms with Gasteiger partial charge in [0.25, 0.3) is 5.91 Å². The predicted molar refractivity (Wildman–Crippen MR) is 110 cm³/mol. The molecule has 0 atom stereocenters. The van der Waals surface area contributed by atoms with E-state index in [0.29, 0.717) is 38.5 Å². The molecule has 30 heavy (non-hydrogen) atoms. The minimum absolute atomic E-state index is 0.170. The molecule has 3 rings (SSSR count). The molecule has 0 amide bonds. The molecule has 0 aliphatic rings. The summed E-state index contributed by atoms with van der Waals surface area (Å²) in [5, 5.41) is 10.5. The predicted octanol–water partition coefficient (Wildman–Crippen LogP) is 3.00. The van der Waals surface area contributed by atoms with Gasteiger partial charge in [-0.2, -0.15) is 0 Å². The lowest BCUT2D eigenvalue weighted by Crippen LogP contribution is -2.14. The summed E-state index contributed by atoms with van der Waals surface area (Å²) in [5.74, 6) is -0.583. The molecule has 0 radical (unpaired) electrons. The quantitative estimate of drug-likeness (QED) is 0.439. The Balaban J connectivity index is 0.000000575. The lowest BCUT2D eigenvalue weighted by atomic mass is 10.1. The van der Waals surface area contributed by atoms with Crippen molar-refractivity contribution in [1.82, 2.24) is 4.57 Å². The maximum atomic E-state index is 13.0. The number of fused-ring (bicyclic) bond motifs is 1. The third-order valence-corrected chi connectivity index (χ3v) is 4.42. The van der Waals surface area contributed by atoms with Crippen molar-refractivity contribution >= 4 is 42.2 Å². The zero-order valence-electron chi connectivity index (χ0n) is 15.9. The van der Waals surface area contributed by atoms with Crippen LogP contribution in [-0.2, 0) is 15.8 Å².